The lowest BCUT2D eigenvalue weighted by Gasteiger charge is -2.26. The fourth-order valence-electron chi connectivity index (χ4n) is 3.18. The number of halogens is 6. The Kier molecular flexibility index (Phi) is 6.62. The summed E-state index contributed by atoms with van der Waals surface area (Å²) in [6, 6.07) is 1.86. The van der Waals surface area contributed by atoms with Crippen LogP contribution in [0.3, 0.4) is 0 Å². The fourth-order valence-corrected chi connectivity index (χ4v) is 7.09. The molecule has 0 radical (unpaired) electrons. The topological polar surface area (TPSA) is 111 Å². The zero-order chi connectivity index (χ0) is 24.8. The average Bonchev–Trinajstić information content (AvgIpc) is 3.06. The van der Waals surface area contributed by atoms with Gasteiger partial charge in [-0.2, -0.15) is 43.2 Å². The number of carbonyl (C=O) groups is 1. The number of alkyl halides is 6. The van der Waals surface area contributed by atoms with Crippen LogP contribution in [0.4, 0.5) is 32.0 Å². The maximum Gasteiger partial charge on any atom is 0.517 e. The van der Waals surface area contributed by atoms with Gasteiger partial charge in [-0.05, 0) is 37.8 Å². The van der Waals surface area contributed by atoms with Gasteiger partial charge in [-0.3, -0.25) is 0 Å². The molecule has 33 heavy (non-hydrogen) atoms. The smallest absolute Gasteiger partial charge is 0.458 e. The monoisotopic (exact) mass is 540 g/mol. The molecule has 0 saturated heterocycles. The molecule has 0 N–H and O–H groups in total. The molecule has 1 saturated carbocycles. The Labute approximate surface area is 187 Å². The number of hydrogen-bond donors (Lipinski definition) is 0. The summed E-state index contributed by atoms with van der Waals surface area (Å²) in [5.74, 6) is -1.46. The number of esters is 1. The molecule has 0 spiro atoms. The zero-order valence-electron chi connectivity index (χ0n) is 16.2. The Morgan fingerprint density at radius 1 is 1.00 bits per heavy atom. The summed E-state index contributed by atoms with van der Waals surface area (Å²) in [6.07, 6.45) is 3.22. The average molecular weight is 540 g/mol. The van der Waals surface area contributed by atoms with Crippen LogP contribution in [0.2, 0.25) is 0 Å². The van der Waals surface area contributed by atoms with Crippen LogP contribution >= 0.6 is 11.3 Å². The molecule has 0 amide bonds. The maximum atomic E-state index is 13.3. The molecule has 184 valence electrons. The molecule has 0 aliphatic heterocycles. The molecule has 2 heterocycles. The van der Waals surface area contributed by atoms with Gasteiger partial charge in [0.05, 0.1) is 0 Å². The minimum Gasteiger partial charge on any atom is -0.458 e. The molecule has 8 nitrogen and oxygen atoms in total. The number of hydrogen-bond acceptors (Lipinski definition) is 8. The number of aromatic nitrogens is 1. The fraction of sp³-hybridized carbons (Fsp3) is 0.500. The Bertz CT molecular complexity index is 1220. The Balaban J connectivity index is 2.31. The predicted octanol–water partition coefficient (Wildman–Crippen LogP) is 4.29. The first-order chi connectivity index (χ1) is 15.1. The SMILES string of the molecule is O=C(OC1CCCCC1)c1sc2ncccc2c1N(S(=O)(=O)C(F)(F)F)S(=O)(=O)C(F)(F)F. The summed E-state index contributed by atoms with van der Waals surface area (Å²) >= 11 is 0.211. The number of rotatable bonds is 5. The number of anilines is 1. The van der Waals surface area contributed by atoms with Gasteiger partial charge in [-0.1, -0.05) is 6.42 Å². The van der Waals surface area contributed by atoms with E-state index < -0.39 is 62.8 Å². The third kappa shape index (κ3) is 4.62. The van der Waals surface area contributed by atoms with Crippen molar-refractivity contribution in [2.75, 3.05) is 3.71 Å². The third-order valence-corrected chi connectivity index (χ3v) is 9.32. The van der Waals surface area contributed by atoms with Crippen LogP contribution in [-0.4, -0.2) is 44.9 Å². The van der Waals surface area contributed by atoms with E-state index >= 15 is 0 Å². The summed E-state index contributed by atoms with van der Waals surface area (Å²) < 4.78 is 132. The molecule has 1 aliphatic rings. The van der Waals surface area contributed by atoms with E-state index in [0.717, 1.165) is 24.8 Å². The summed E-state index contributed by atoms with van der Waals surface area (Å²) in [5, 5.41) is -0.723. The largest absolute Gasteiger partial charge is 0.517 e. The molecule has 0 aromatic carbocycles. The van der Waals surface area contributed by atoms with Gasteiger partial charge in [-0.25, -0.2) is 9.78 Å². The number of carbonyl (C=O) groups excluding carboxylic acids is 1. The van der Waals surface area contributed by atoms with Crippen molar-refractivity contribution in [3.63, 3.8) is 0 Å². The highest BCUT2D eigenvalue weighted by Gasteiger charge is 2.63. The molecule has 0 atom stereocenters. The van der Waals surface area contributed by atoms with Crippen molar-refractivity contribution in [2.24, 2.45) is 0 Å². The number of thiophene rings is 1. The highest BCUT2D eigenvalue weighted by molar-refractivity contribution is 8.11. The minimum atomic E-state index is -7.19. The minimum absolute atomic E-state index is 0.211. The second-order valence-corrected chi connectivity index (χ2v) is 11.7. The second-order valence-electron chi connectivity index (χ2n) is 6.90. The lowest BCUT2D eigenvalue weighted by atomic mass is 9.98. The van der Waals surface area contributed by atoms with Gasteiger partial charge in [0.2, 0.25) is 0 Å². The lowest BCUT2D eigenvalue weighted by Crippen LogP contribution is -2.49. The lowest BCUT2D eigenvalue weighted by molar-refractivity contribution is -0.0462. The van der Waals surface area contributed by atoms with E-state index in [2.05, 4.69) is 4.98 Å². The van der Waals surface area contributed by atoms with Crippen molar-refractivity contribution >= 4 is 53.3 Å². The van der Waals surface area contributed by atoms with Gasteiger partial charge >= 0.3 is 37.0 Å². The van der Waals surface area contributed by atoms with Crippen LogP contribution in [0.15, 0.2) is 18.3 Å². The van der Waals surface area contributed by atoms with E-state index in [1.807, 2.05) is 0 Å². The molecule has 1 aliphatic carbocycles. The van der Waals surface area contributed by atoms with Crippen molar-refractivity contribution in [2.45, 2.75) is 49.2 Å². The molecule has 0 bridgehead atoms. The standard InChI is InChI=1S/C16H14F6N2O6S3/c17-15(18,19)32(26,27)24(33(28,29)16(20,21)22)11-10-7-4-8-23-13(10)31-12(11)14(25)30-9-5-2-1-3-6-9/h4,7-9H,1-3,5-6H2. The van der Waals surface area contributed by atoms with Crippen molar-refractivity contribution in [1.82, 2.24) is 4.98 Å². The van der Waals surface area contributed by atoms with Gasteiger partial charge in [-0.15, -0.1) is 15.0 Å². The maximum absolute atomic E-state index is 13.3. The first kappa shape index (κ1) is 25.5. The molecular weight excluding hydrogens is 526 g/mol. The molecule has 2 aromatic heterocycles. The van der Waals surface area contributed by atoms with Gasteiger partial charge in [0.1, 0.15) is 21.5 Å². The molecular formula is C16H14F6N2O6S3. The predicted molar refractivity (Wildman–Crippen MR) is 104 cm³/mol. The Morgan fingerprint density at radius 3 is 2.06 bits per heavy atom. The highest BCUT2D eigenvalue weighted by Crippen LogP contribution is 2.46. The summed E-state index contributed by atoms with van der Waals surface area (Å²) in [7, 11) is -14.4. The van der Waals surface area contributed by atoms with Crippen LogP contribution < -0.4 is 3.71 Å². The second kappa shape index (κ2) is 8.57. The van der Waals surface area contributed by atoms with Crippen LogP contribution in [-0.2, 0) is 24.8 Å². The molecule has 3 rings (SSSR count). The van der Waals surface area contributed by atoms with Crippen LogP contribution in [0, 0.1) is 0 Å². The zero-order valence-corrected chi connectivity index (χ0v) is 18.6. The molecule has 1 fully saturated rings. The Morgan fingerprint density at radius 2 is 1.55 bits per heavy atom. The Hall–Kier alpha value is -2.14. The first-order valence-corrected chi connectivity index (χ1v) is 12.8. The molecule has 17 heteroatoms. The van der Waals surface area contributed by atoms with Crippen LogP contribution in [0.5, 0.6) is 0 Å². The number of fused-ring (bicyclic) bond motifs is 1. The summed E-state index contributed by atoms with van der Waals surface area (Å²) in [6.45, 7) is 0. The van der Waals surface area contributed by atoms with Crippen molar-refractivity contribution < 1.29 is 52.7 Å². The van der Waals surface area contributed by atoms with Gasteiger partial charge in [0, 0.05) is 11.6 Å². The number of ether oxygens (including phenoxy) is 1. The van der Waals surface area contributed by atoms with E-state index in [1.165, 1.54) is 0 Å². The van der Waals surface area contributed by atoms with E-state index in [1.54, 1.807) is 0 Å². The van der Waals surface area contributed by atoms with Gasteiger partial charge < -0.3 is 4.74 Å². The summed E-state index contributed by atoms with van der Waals surface area (Å²) in [4.78, 5) is 15.0. The molecule has 0 unspecified atom stereocenters. The first-order valence-electron chi connectivity index (χ1n) is 9.10. The van der Waals surface area contributed by atoms with E-state index in [0.29, 0.717) is 25.7 Å². The third-order valence-electron chi connectivity index (χ3n) is 4.66. The van der Waals surface area contributed by atoms with Crippen molar-refractivity contribution in [3.8, 4) is 0 Å². The van der Waals surface area contributed by atoms with E-state index in [9.17, 15) is 48.0 Å². The normalized spacial score (nSPS) is 16.7. The van der Waals surface area contributed by atoms with Gasteiger partial charge in [0.25, 0.3) is 0 Å². The number of pyridine rings is 1. The van der Waals surface area contributed by atoms with Crippen molar-refractivity contribution in [1.29, 1.82) is 0 Å². The summed E-state index contributed by atoms with van der Waals surface area (Å²) in [5.41, 5.74) is -14.5. The number of nitrogens with zero attached hydrogens (tertiary/aromatic N) is 2. The van der Waals surface area contributed by atoms with Crippen LogP contribution in [0.1, 0.15) is 41.8 Å². The molecule has 2 aromatic rings. The number of sulfonamides is 2. The van der Waals surface area contributed by atoms with Crippen molar-refractivity contribution in [3.05, 3.63) is 23.2 Å². The van der Waals surface area contributed by atoms with Gasteiger partial charge in [0.15, 0.2) is 0 Å². The highest BCUT2D eigenvalue weighted by atomic mass is 32.3. The van der Waals surface area contributed by atoms with E-state index in [4.69, 9.17) is 4.74 Å². The quantitative estimate of drug-likeness (QED) is 0.411. The van der Waals surface area contributed by atoms with Crippen LogP contribution in [0.25, 0.3) is 10.2 Å². The van der Waals surface area contributed by atoms with E-state index in [-0.39, 0.29) is 16.2 Å².